The van der Waals surface area contributed by atoms with Crippen LogP contribution < -0.4 is 10.0 Å². The summed E-state index contributed by atoms with van der Waals surface area (Å²) in [5.41, 5.74) is 1.67. The van der Waals surface area contributed by atoms with Crippen molar-refractivity contribution in [3.05, 3.63) is 47.0 Å². The van der Waals surface area contributed by atoms with Crippen LogP contribution in [0.1, 0.15) is 28.5 Å². The first-order chi connectivity index (χ1) is 11.2. The Bertz CT molecular complexity index is 934. The number of hydrogen-bond donors (Lipinski definition) is 2. The van der Waals surface area contributed by atoms with Gasteiger partial charge in [-0.2, -0.15) is 0 Å². The predicted octanol–water partition coefficient (Wildman–Crippen LogP) is 1.95. The summed E-state index contributed by atoms with van der Waals surface area (Å²) in [5.74, 6) is -0.774. The number of nitrogens with zero attached hydrogens (tertiary/aromatic N) is 1. The molecule has 0 saturated heterocycles. The van der Waals surface area contributed by atoms with Gasteiger partial charge in [-0.3, -0.25) is 4.79 Å². The molecule has 24 heavy (non-hydrogen) atoms. The Balaban J connectivity index is 1.99. The van der Waals surface area contributed by atoms with Crippen molar-refractivity contribution in [1.82, 2.24) is 9.29 Å². The minimum atomic E-state index is -3.61. The minimum absolute atomic E-state index is 0.128. The van der Waals surface area contributed by atoms with Crippen molar-refractivity contribution in [3.8, 4) is 0 Å². The molecule has 1 unspecified atom stereocenters. The van der Waals surface area contributed by atoms with Crippen LogP contribution in [0.2, 0.25) is 0 Å². The average Bonchev–Trinajstić information content (AvgIpc) is 2.79. The summed E-state index contributed by atoms with van der Waals surface area (Å²) in [5, 5.41) is 2.70. The molecule has 1 aliphatic rings. The Kier molecular flexibility index (Phi) is 3.97. The lowest BCUT2D eigenvalue weighted by Crippen LogP contribution is -2.39. The zero-order valence-electron chi connectivity index (χ0n) is 13.6. The van der Waals surface area contributed by atoms with Crippen LogP contribution in [-0.2, 0) is 23.5 Å². The minimum Gasteiger partial charge on any atom is -0.345 e. The number of carbonyl (C=O) groups excluding carboxylic acids is 1. The van der Waals surface area contributed by atoms with Gasteiger partial charge in [-0.15, -0.1) is 0 Å². The number of nitrogens with one attached hydrogen (secondary N) is 2. The molecule has 128 valence electrons. The smallest absolute Gasteiger partial charge is 0.272 e. The maximum Gasteiger partial charge on any atom is 0.272 e. The van der Waals surface area contributed by atoms with E-state index < -0.39 is 15.9 Å². The van der Waals surface area contributed by atoms with E-state index in [9.17, 15) is 17.6 Å². The molecule has 1 atom stereocenters. The molecule has 0 spiro atoms. The van der Waals surface area contributed by atoms with Crippen molar-refractivity contribution in [2.24, 2.45) is 7.05 Å². The quantitative estimate of drug-likeness (QED) is 0.868. The van der Waals surface area contributed by atoms with E-state index in [0.29, 0.717) is 28.9 Å². The summed E-state index contributed by atoms with van der Waals surface area (Å²) in [4.78, 5) is 12.8. The summed E-state index contributed by atoms with van der Waals surface area (Å²) in [6, 6.07) is 3.99. The second-order valence-electron chi connectivity index (χ2n) is 6.08. The van der Waals surface area contributed by atoms with Crippen molar-refractivity contribution in [2.45, 2.75) is 31.2 Å². The van der Waals surface area contributed by atoms with Crippen molar-refractivity contribution >= 4 is 21.6 Å². The molecule has 0 radical (unpaired) electrons. The molecule has 2 aromatic rings. The highest BCUT2D eigenvalue weighted by molar-refractivity contribution is 7.89. The molecule has 1 aliphatic heterocycles. The molecule has 2 heterocycles. The molecule has 6 nitrogen and oxygen atoms in total. The van der Waals surface area contributed by atoms with E-state index >= 15 is 0 Å². The fraction of sp³-hybridized carbons (Fsp3) is 0.312. The van der Waals surface area contributed by atoms with Gasteiger partial charge in [-0.05, 0) is 44.0 Å². The van der Waals surface area contributed by atoms with Crippen LogP contribution in [0.3, 0.4) is 0 Å². The summed E-state index contributed by atoms with van der Waals surface area (Å²) in [6.07, 6.45) is 1.87. The number of benzene rings is 1. The first-order valence-corrected chi connectivity index (χ1v) is 8.95. The first-order valence-electron chi connectivity index (χ1n) is 7.47. The van der Waals surface area contributed by atoms with Gasteiger partial charge in [0.1, 0.15) is 16.4 Å². The number of fused-ring (bicyclic) bond motifs is 1. The number of hydrogen-bond acceptors (Lipinski definition) is 3. The molecule has 0 aliphatic carbocycles. The van der Waals surface area contributed by atoms with Crippen molar-refractivity contribution in [2.75, 3.05) is 5.32 Å². The number of aryl methyl sites for hydroxylation is 2. The van der Waals surface area contributed by atoms with Gasteiger partial charge in [0.05, 0.1) is 0 Å². The summed E-state index contributed by atoms with van der Waals surface area (Å²) in [6.45, 7) is 3.35. The van der Waals surface area contributed by atoms with Crippen LogP contribution in [0.15, 0.2) is 29.3 Å². The van der Waals surface area contributed by atoms with E-state index in [2.05, 4.69) is 10.0 Å². The molecule has 1 amide bonds. The van der Waals surface area contributed by atoms with E-state index in [1.807, 2.05) is 0 Å². The lowest BCUT2D eigenvalue weighted by molar-refractivity contribution is 0.101. The Labute approximate surface area is 139 Å². The normalized spacial score (nSPS) is 18.9. The van der Waals surface area contributed by atoms with E-state index in [1.165, 1.54) is 29.0 Å². The second-order valence-corrected chi connectivity index (χ2v) is 7.76. The van der Waals surface area contributed by atoms with Crippen molar-refractivity contribution < 1.29 is 17.6 Å². The SMILES string of the molecule is Cc1cc(NC(=O)c2c3c(cn2C)S(=O)(=O)NC(C)C3)ccc1F. The van der Waals surface area contributed by atoms with Gasteiger partial charge >= 0.3 is 0 Å². The van der Waals surface area contributed by atoms with E-state index in [-0.39, 0.29) is 16.8 Å². The van der Waals surface area contributed by atoms with Gasteiger partial charge in [-0.25, -0.2) is 17.5 Å². The molecule has 1 aromatic carbocycles. The number of anilines is 1. The number of amides is 1. The summed E-state index contributed by atoms with van der Waals surface area (Å²) >= 11 is 0. The molecule has 8 heteroatoms. The lowest BCUT2D eigenvalue weighted by atomic mass is 10.1. The number of rotatable bonds is 2. The number of halogens is 1. The molecule has 0 bridgehead atoms. The molecule has 0 saturated carbocycles. The maximum absolute atomic E-state index is 13.3. The van der Waals surface area contributed by atoms with Gasteiger partial charge in [-0.1, -0.05) is 0 Å². The molecule has 0 fully saturated rings. The first kappa shape index (κ1) is 16.7. The third kappa shape index (κ3) is 2.83. The molecular formula is C16H18FN3O3S. The molecule has 1 aromatic heterocycles. The van der Waals surface area contributed by atoms with Crippen LogP contribution in [0.5, 0.6) is 0 Å². The highest BCUT2D eigenvalue weighted by atomic mass is 32.2. The molecule has 3 rings (SSSR count). The van der Waals surface area contributed by atoms with Crippen LogP contribution >= 0.6 is 0 Å². The van der Waals surface area contributed by atoms with Gasteiger partial charge in [0.15, 0.2) is 0 Å². The predicted molar refractivity (Wildman–Crippen MR) is 88.0 cm³/mol. The van der Waals surface area contributed by atoms with Gasteiger partial charge in [0.2, 0.25) is 10.0 Å². The van der Waals surface area contributed by atoms with E-state index in [0.717, 1.165) is 0 Å². The van der Waals surface area contributed by atoms with E-state index in [1.54, 1.807) is 20.9 Å². The molecular weight excluding hydrogens is 333 g/mol. The zero-order chi connectivity index (χ0) is 17.6. The van der Waals surface area contributed by atoms with Crippen LogP contribution in [0.4, 0.5) is 10.1 Å². The molecule has 2 N–H and O–H groups in total. The fourth-order valence-corrected chi connectivity index (χ4v) is 4.50. The monoisotopic (exact) mass is 351 g/mol. The van der Waals surface area contributed by atoms with E-state index in [4.69, 9.17) is 0 Å². The third-order valence-electron chi connectivity index (χ3n) is 4.03. The zero-order valence-corrected chi connectivity index (χ0v) is 14.4. The van der Waals surface area contributed by atoms with Crippen molar-refractivity contribution in [3.63, 3.8) is 0 Å². The third-order valence-corrected chi connectivity index (χ3v) is 5.68. The lowest BCUT2D eigenvalue weighted by Gasteiger charge is -2.21. The highest BCUT2D eigenvalue weighted by Gasteiger charge is 2.33. The fourth-order valence-electron chi connectivity index (χ4n) is 2.96. The highest BCUT2D eigenvalue weighted by Crippen LogP contribution is 2.28. The Morgan fingerprint density at radius 3 is 2.79 bits per heavy atom. The maximum atomic E-state index is 13.3. The van der Waals surface area contributed by atoms with Crippen LogP contribution in [-0.4, -0.2) is 24.9 Å². The Hall–Kier alpha value is -2.19. The topological polar surface area (TPSA) is 80.2 Å². The Morgan fingerprint density at radius 2 is 2.12 bits per heavy atom. The summed E-state index contributed by atoms with van der Waals surface area (Å²) in [7, 11) is -1.98. The largest absolute Gasteiger partial charge is 0.345 e. The van der Waals surface area contributed by atoms with Gasteiger partial charge in [0, 0.05) is 30.5 Å². The number of carbonyl (C=O) groups is 1. The number of aromatic nitrogens is 1. The van der Waals surface area contributed by atoms with Crippen LogP contribution in [0, 0.1) is 12.7 Å². The standard InChI is InChI=1S/C16H18FN3O3S/c1-9-6-11(4-5-13(9)17)18-16(21)15-12-7-10(2)19-24(22,23)14(12)8-20(15)3/h4-6,8,10,19H,7H2,1-3H3,(H,18,21). The van der Waals surface area contributed by atoms with Crippen LogP contribution in [0.25, 0.3) is 0 Å². The summed E-state index contributed by atoms with van der Waals surface area (Å²) < 4.78 is 41.8. The van der Waals surface area contributed by atoms with Gasteiger partial charge in [0.25, 0.3) is 5.91 Å². The van der Waals surface area contributed by atoms with Gasteiger partial charge < -0.3 is 9.88 Å². The average molecular weight is 351 g/mol. The Morgan fingerprint density at radius 1 is 1.42 bits per heavy atom. The van der Waals surface area contributed by atoms with Crippen molar-refractivity contribution in [1.29, 1.82) is 0 Å². The number of sulfonamides is 1. The second kappa shape index (κ2) is 5.71.